The van der Waals surface area contributed by atoms with E-state index in [4.69, 9.17) is 11.6 Å². The Labute approximate surface area is 94.3 Å². The van der Waals surface area contributed by atoms with E-state index in [1.165, 1.54) is 6.07 Å². The summed E-state index contributed by atoms with van der Waals surface area (Å²) >= 11 is 6.01. The molecule has 0 bridgehead atoms. The molecule has 0 N–H and O–H groups in total. The SMILES string of the molecule is Fc1ccc([Si]2(CCl)CCCC2)c(F)c1. The molecule has 0 aromatic heterocycles. The van der Waals surface area contributed by atoms with Crippen LogP contribution in [0, 0.1) is 11.6 Å². The molecule has 1 aromatic rings. The van der Waals surface area contributed by atoms with Gasteiger partial charge in [-0.15, -0.1) is 11.6 Å². The van der Waals surface area contributed by atoms with Gasteiger partial charge in [0.15, 0.2) is 0 Å². The lowest BCUT2D eigenvalue weighted by Crippen LogP contribution is -2.49. The van der Waals surface area contributed by atoms with Crippen molar-refractivity contribution in [2.75, 3.05) is 5.50 Å². The van der Waals surface area contributed by atoms with Gasteiger partial charge in [0, 0.05) is 11.6 Å². The quantitative estimate of drug-likeness (QED) is 0.555. The largest absolute Gasteiger partial charge is 0.207 e. The molecule has 2 rings (SSSR count). The highest BCUT2D eigenvalue weighted by Crippen LogP contribution is 2.31. The predicted octanol–water partition coefficient (Wildman–Crippen LogP) is 3.19. The molecule has 82 valence electrons. The summed E-state index contributed by atoms with van der Waals surface area (Å²) in [6.45, 7) is 0. The summed E-state index contributed by atoms with van der Waals surface area (Å²) in [4.78, 5) is 0. The summed E-state index contributed by atoms with van der Waals surface area (Å²) in [5.41, 5.74) is 0.551. The molecule has 0 spiro atoms. The number of hydrogen-bond acceptors (Lipinski definition) is 0. The fraction of sp³-hybridized carbons (Fsp3) is 0.455. The van der Waals surface area contributed by atoms with E-state index in [-0.39, 0.29) is 0 Å². The van der Waals surface area contributed by atoms with Crippen LogP contribution in [0.5, 0.6) is 0 Å². The van der Waals surface area contributed by atoms with Gasteiger partial charge in [-0.2, -0.15) is 0 Å². The molecule has 0 radical (unpaired) electrons. The normalized spacial score (nSPS) is 19.4. The Bertz CT molecular complexity index is 362. The Balaban J connectivity index is 2.42. The summed E-state index contributed by atoms with van der Waals surface area (Å²) in [5.74, 6) is -0.905. The van der Waals surface area contributed by atoms with E-state index in [1.807, 2.05) is 0 Å². The minimum Gasteiger partial charge on any atom is -0.207 e. The van der Waals surface area contributed by atoms with Crippen molar-refractivity contribution in [3.63, 3.8) is 0 Å². The van der Waals surface area contributed by atoms with E-state index in [0.717, 1.165) is 36.2 Å². The molecule has 0 saturated carbocycles. The molecule has 1 fully saturated rings. The van der Waals surface area contributed by atoms with Gasteiger partial charge >= 0.3 is 0 Å². The third-order valence-electron chi connectivity index (χ3n) is 3.32. The number of rotatable bonds is 2. The fourth-order valence-corrected chi connectivity index (χ4v) is 7.75. The molecule has 1 heterocycles. The van der Waals surface area contributed by atoms with Crippen LogP contribution in [0.2, 0.25) is 12.1 Å². The minimum absolute atomic E-state index is 0.399. The molecule has 1 aliphatic heterocycles. The lowest BCUT2D eigenvalue weighted by atomic mass is 10.3. The van der Waals surface area contributed by atoms with Crippen molar-refractivity contribution in [1.82, 2.24) is 0 Å². The number of alkyl halides is 1. The number of hydrogen-bond donors (Lipinski definition) is 0. The molecule has 0 aliphatic carbocycles. The zero-order chi connectivity index (χ0) is 10.9. The first-order valence-corrected chi connectivity index (χ1v) is 8.35. The lowest BCUT2D eigenvalue weighted by molar-refractivity contribution is 0.588. The topological polar surface area (TPSA) is 0 Å². The van der Waals surface area contributed by atoms with Crippen LogP contribution < -0.4 is 5.19 Å². The Morgan fingerprint density at radius 1 is 1.20 bits per heavy atom. The van der Waals surface area contributed by atoms with E-state index in [9.17, 15) is 8.78 Å². The van der Waals surface area contributed by atoms with Gasteiger partial charge in [0.1, 0.15) is 19.7 Å². The van der Waals surface area contributed by atoms with Crippen molar-refractivity contribution < 1.29 is 8.78 Å². The first kappa shape index (κ1) is 11.1. The van der Waals surface area contributed by atoms with E-state index < -0.39 is 19.7 Å². The van der Waals surface area contributed by atoms with Gasteiger partial charge in [-0.3, -0.25) is 0 Å². The molecule has 1 aliphatic rings. The predicted molar refractivity (Wildman–Crippen MR) is 61.3 cm³/mol. The van der Waals surface area contributed by atoms with Crippen LogP contribution >= 0.6 is 11.6 Å². The van der Waals surface area contributed by atoms with E-state index in [0.29, 0.717) is 5.50 Å². The van der Waals surface area contributed by atoms with Gasteiger partial charge in [-0.1, -0.05) is 31.0 Å². The average Bonchev–Trinajstić information content (AvgIpc) is 2.67. The van der Waals surface area contributed by atoms with Gasteiger partial charge in [0.05, 0.1) is 0 Å². The summed E-state index contributed by atoms with van der Waals surface area (Å²) in [6.07, 6.45) is 2.27. The van der Waals surface area contributed by atoms with Crippen LogP contribution in [0.1, 0.15) is 12.8 Å². The second-order valence-electron chi connectivity index (χ2n) is 4.25. The third-order valence-corrected chi connectivity index (χ3v) is 9.53. The first-order valence-electron chi connectivity index (χ1n) is 5.19. The Morgan fingerprint density at radius 3 is 2.40 bits per heavy atom. The average molecular weight is 247 g/mol. The second-order valence-corrected chi connectivity index (χ2v) is 9.41. The van der Waals surface area contributed by atoms with Gasteiger partial charge in [0.25, 0.3) is 0 Å². The molecule has 1 saturated heterocycles. The molecule has 4 heteroatoms. The van der Waals surface area contributed by atoms with Crippen LogP contribution in [-0.4, -0.2) is 13.6 Å². The van der Waals surface area contributed by atoms with Crippen LogP contribution in [0.4, 0.5) is 8.78 Å². The molecule has 0 unspecified atom stereocenters. The zero-order valence-electron chi connectivity index (χ0n) is 8.40. The smallest absolute Gasteiger partial charge is 0.126 e. The maximum absolute atomic E-state index is 13.7. The van der Waals surface area contributed by atoms with Crippen molar-refractivity contribution >= 4 is 24.9 Å². The monoisotopic (exact) mass is 246 g/mol. The van der Waals surface area contributed by atoms with Crippen LogP contribution in [0.3, 0.4) is 0 Å². The van der Waals surface area contributed by atoms with Crippen LogP contribution in [-0.2, 0) is 0 Å². The van der Waals surface area contributed by atoms with Gasteiger partial charge in [0.2, 0.25) is 0 Å². The molecule has 0 nitrogen and oxygen atoms in total. The molecule has 0 amide bonds. The van der Waals surface area contributed by atoms with Crippen molar-refractivity contribution in [3.8, 4) is 0 Å². The summed E-state index contributed by atoms with van der Waals surface area (Å²) in [7, 11) is -1.83. The molecular formula is C11H13ClF2Si. The minimum atomic E-state index is -1.83. The highest BCUT2D eigenvalue weighted by Gasteiger charge is 2.39. The summed E-state index contributed by atoms with van der Waals surface area (Å²) in [5, 5.41) is 0.719. The number of benzene rings is 1. The standard InChI is InChI=1S/C11H13ClF2Si/c12-8-15(5-1-2-6-15)11-4-3-9(13)7-10(11)14/h3-4,7H,1-2,5-6,8H2. The number of halogens is 3. The summed E-state index contributed by atoms with van der Waals surface area (Å²) < 4.78 is 26.5. The van der Waals surface area contributed by atoms with Crippen molar-refractivity contribution in [2.45, 2.75) is 24.9 Å². The van der Waals surface area contributed by atoms with E-state index >= 15 is 0 Å². The maximum atomic E-state index is 13.7. The summed E-state index contributed by atoms with van der Waals surface area (Å²) in [6, 6.07) is 6.01. The van der Waals surface area contributed by atoms with Crippen LogP contribution in [0.25, 0.3) is 0 Å². The van der Waals surface area contributed by atoms with Crippen molar-refractivity contribution in [2.24, 2.45) is 0 Å². The Morgan fingerprint density at radius 2 is 1.87 bits per heavy atom. The third kappa shape index (κ3) is 1.95. The highest BCUT2D eigenvalue weighted by molar-refractivity contribution is 6.96. The fourth-order valence-electron chi connectivity index (χ4n) is 2.45. The lowest BCUT2D eigenvalue weighted by Gasteiger charge is -2.24. The van der Waals surface area contributed by atoms with E-state index in [2.05, 4.69) is 0 Å². The first-order chi connectivity index (χ1) is 7.18. The molecule has 1 aromatic carbocycles. The van der Waals surface area contributed by atoms with Gasteiger partial charge in [-0.25, -0.2) is 8.78 Å². The highest BCUT2D eigenvalue weighted by atomic mass is 35.5. The van der Waals surface area contributed by atoms with E-state index in [1.54, 1.807) is 6.07 Å². The van der Waals surface area contributed by atoms with Gasteiger partial charge in [-0.05, 0) is 11.3 Å². The van der Waals surface area contributed by atoms with Crippen molar-refractivity contribution in [3.05, 3.63) is 29.8 Å². The Hall–Kier alpha value is -0.413. The Kier molecular flexibility index (Phi) is 3.12. The molecule has 0 atom stereocenters. The second kappa shape index (κ2) is 4.22. The molecular weight excluding hydrogens is 234 g/mol. The van der Waals surface area contributed by atoms with Crippen LogP contribution in [0.15, 0.2) is 18.2 Å². The van der Waals surface area contributed by atoms with Crippen molar-refractivity contribution in [1.29, 1.82) is 0 Å². The zero-order valence-corrected chi connectivity index (χ0v) is 10.2. The van der Waals surface area contributed by atoms with Gasteiger partial charge < -0.3 is 0 Å². The molecule has 15 heavy (non-hydrogen) atoms. The maximum Gasteiger partial charge on any atom is 0.126 e.